The average molecular weight is 275 g/mol. The van der Waals surface area contributed by atoms with Gasteiger partial charge in [0.05, 0.1) is 5.54 Å². The molecule has 20 heavy (non-hydrogen) atoms. The molecule has 1 saturated heterocycles. The fourth-order valence-corrected chi connectivity index (χ4v) is 3.41. The van der Waals surface area contributed by atoms with Gasteiger partial charge < -0.3 is 10.6 Å². The summed E-state index contributed by atoms with van der Waals surface area (Å²) in [6.45, 7) is 12.9. The van der Waals surface area contributed by atoms with E-state index in [1.807, 2.05) is 0 Å². The van der Waals surface area contributed by atoms with Crippen LogP contribution in [0.3, 0.4) is 0 Å². The molecule has 1 aromatic rings. The first-order valence-electron chi connectivity index (χ1n) is 7.81. The number of rotatable bonds is 5. The number of likely N-dealkylation sites (tertiary alicyclic amines) is 1. The summed E-state index contributed by atoms with van der Waals surface area (Å²) in [7, 11) is 0. The molecule has 3 nitrogen and oxygen atoms in total. The van der Waals surface area contributed by atoms with Gasteiger partial charge in [0.2, 0.25) is 0 Å². The van der Waals surface area contributed by atoms with Crippen LogP contribution in [0.2, 0.25) is 0 Å². The van der Waals surface area contributed by atoms with E-state index in [1.54, 1.807) is 0 Å². The van der Waals surface area contributed by atoms with Crippen molar-refractivity contribution >= 4 is 5.69 Å². The molecule has 1 aliphatic heterocycles. The summed E-state index contributed by atoms with van der Waals surface area (Å²) >= 11 is 0. The minimum atomic E-state index is 0.0901. The zero-order valence-corrected chi connectivity index (χ0v) is 13.4. The zero-order chi connectivity index (χ0) is 14.8. The van der Waals surface area contributed by atoms with Crippen molar-refractivity contribution in [1.29, 1.82) is 0 Å². The van der Waals surface area contributed by atoms with E-state index >= 15 is 0 Å². The summed E-state index contributed by atoms with van der Waals surface area (Å²) < 4.78 is 0. The summed E-state index contributed by atoms with van der Waals surface area (Å²) in [6.07, 6.45) is 1.16. The Bertz CT molecular complexity index is 444. The van der Waals surface area contributed by atoms with Crippen LogP contribution in [0.4, 0.5) is 5.69 Å². The summed E-state index contributed by atoms with van der Waals surface area (Å²) in [5.41, 5.74) is 8.93. The number of anilines is 1. The predicted octanol–water partition coefficient (Wildman–Crippen LogP) is 2.63. The standard InChI is InChI=1S/C17H29N3/c1-5-20(16-8-6-7-15(4)11-16)17(12-18)9-10-19(13-17)14(2)3/h6-8,11,14H,5,9-10,12-13,18H2,1-4H3. The van der Waals surface area contributed by atoms with Crippen molar-refractivity contribution in [2.45, 2.75) is 45.7 Å². The molecule has 0 bridgehead atoms. The monoisotopic (exact) mass is 275 g/mol. The van der Waals surface area contributed by atoms with Gasteiger partial charge in [-0.1, -0.05) is 12.1 Å². The molecule has 2 rings (SSSR count). The Morgan fingerprint density at radius 2 is 2.15 bits per heavy atom. The third-order valence-corrected chi connectivity index (χ3v) is 4.67. The van der Waals surface area contributed by atoms with E-state index < -0.39 is 0 Å². The number of hydrogen-bond donors (Lipinski definition) is 1. The Kier molecular flexibility index (Phi) is 4.71. The van der Waals surface area contributed by atoms with Gasteiger partial charge >= 0.3 is 0 Å². The fraction of sp³-hybridized carbons (Fsp3) is 0.647. The lowest BCUT2D eigenvalue weighted by Gasteiger charge is -2.42. The molecule has 0 spiro atoms. The molecular weight excluding hydrogens is 246 g/mol. The van der Waals surface area contributed by atoms with Crippen molar-refractivity contribution in [3.05, 3.63) is 29.8 Å². The number of hydrogen-bond acceptors (Lipinski definition) is 3. The Balaban J connectivity index is 2.29. The van der Waals surface area contributed by atoms with Gasteiger partial charge in [-0.05, 0) is 51.8 Å². The van der Waals surface area contributed by atoms with Gasteiger partial charge in [-0.25, -0.2) is 0 Å². The Hall–Kier alpha value is -1.06. The number of benzene rings is 1. The summed E-state index contributed by atoms with van der Waals surface area (Å²) in [5, 5.41) is 0. The van der Waals surface area contributed by atoms with Crippen LogP contribution in [-0.4, -0.2) is 42.7 Å². The van der Waals surface area contributed by atoms with Crippen LogP contribution < -0.4 is 10.6 Å². The molecule has 1 atom stereocenters. The van der Waals surface area contributed by atoms with Crippen molar-refractivity contribution in [1.82, 2.24) is 4.90 Å². The van der Waals surface area contributed by atoms with Crippen LogP contribution in [0, 0.1) is 6.92 Å². The second-order valence-corrected chi connectivity index (χ2v) is 6.33. The lowest BCUT2D eigenvalue weighted by molar-refractivity contribution is 0.254. The normalized spacial score (nSPS) is 23.5. The van der Waals surface area contributed by atoms with Crippen LogP contribution >= 0.6 is 0 Å². The zero-order valence-electron chi connectivity index (χ0n) is 13.4. The van der Waals surface area contributed by atoms with Crippen molar-refractivity contribution < 1.29 is 0 Å². The lowest BCUT2D eigenvalue weighted by Crippen LogP contribution is -2.56. The second-order valence-electron chi connectivity index (χ2n) is 6.33. The van der Waals surface area contributed by atoms with Gasteiger partial charge in [-0.3, -0.25) is 4.90 Å². The first kappa shape index (κ1) is 15.3. The number of likely N-dealkylation sites (N-methyl/N-ethyl adjacent to an activating group) is 1. The molecule has 1 heterocycles. The van der Waals surface area contributed by atoms with Crippen molar-refractivity contribution in [3.63, 3.8) is 0 Å². The fourth-order valence-electron chi connectivity index (χ4n) is 3.41. The highest BCUT2D eigenvalue weighted by Gasteiger charge is 2.42. The van der Waals surface area contributed by atoms with E-state index in [0.717, 1.165) is 32.6 Å². The first-order valence-corrected chi connectivity index (χ1v) is 7.81. The second kappa shape index (κ2) is 6.15. The van der Waals surface area contributed by atoms with Gasteiger partial charge in [0.25, 0.3) is 0 Å². The van der Waals surface area contributed by atoms with Gasteiger partial charge in [0.15, 0.2) is 0 Å². The highest BCUT2D eigenvalue weighted by Crippen LogP contribution is 2.33. The molecule has 1 unspecified atom stereocenters. The van der Waals surface area contributed by atoms with Crippen LogP contribution in [0.25, 0.3) is 0 Å². The maximum Gasteiger partial charge on any atom is 0.0662 e. The number of nitrogens with two attached hydrogens (primary N) is 1. The third-order valence-electron chi connectivity index (χ3n) is 4.67. The lowest BCUT2D eigenvalue weighted by atomic mass is 9.94. The molecule has 1 fully saturated rings. The molecule has 0 radical (unpaired) electrons. The van der Waals surface area contributed by atoms with Crippen molar-refractivity contribution in [2.75, 3.05) is 31.1 Å². The molecule has 0 aliphatic carbocycles. The molecule has 1 aliphatic rings. The SMILES string of the molecule is CCN(c1cccc(C)c1)C1(CN)CCN(C(C)C)C1. The highest BCUT2D eigenvalue weighted by atomic mass is 15.3. The quantitative estimate of drug-likeness (QED) is 0.896. The highest BCUT2D eigenvalue weighted by molar-refractivity contribution is 5.51. The third kappa shape index (κ3) is 2.84. The van der Waals surface area contributed by atoms with Crippen molar-refractivity contribution in [2.24, 2.45) is 5.73 Å². The van der Waals surface area contributed by atoms with E-state index in [1.165, 1.54) is 11.3 Å². The minimum Gasteiger partial charge on any atom is -0.364 e. The molecule has 3 heteroatoms. The van der Waals surface area contributed by atoms with E-state index in [4.69, 9.17) is 5.73 Å². The van der Waals surface area contributed by atoms with Crippen LogP contribution in [-0.2, 0) is 0 Å². The molecule has 0 saturated carbocycles. The van der Waals surface area contributed by atoms with Crippen molar-refractivity contribution in [3.8, 4) is 0 Å². The summed E-state index contributed by atoms with van der Waals surface area (Å²) in [6, 6.07) is 9.39. The predicted molar refractivity (Wildman–Crippen MR) is 87.3 cm³/mol. The average Bonchev–Trinajstić information content (AvgIpc) is 2.85. The van der Waals surface area contributed by atoms with Gasteiger partial charge in [-0.2, -0.15) is 0 Å². The van der Waals surface area contributed by atoms with Gasteiger partial charge in [0.1, 0.15) is 0 Å². The molecule has 1 aromatic carbocycles. The van der Waals surface area contributed by atoms with E-state index in [0.29, 0.717) is 6.04 Å². The van der Waals surface area contributed by atoms with Gasteiger partial charge in [0, 0.05) is 37.9 Å². The molecule has 0 aromatic heterocycles. The topological polar surface area (TPSA) is 32.5 Å². The van der Waals surface area contributed by atoms with E-state index in [9.17, 15) is 0 Å². The Morgan fingerprint density at radius 1 is 1.40 bits per heavy atom. The maximum atomic E-state index is 6.21. The van der Waals surface area contributed by atoms with Gasteiger partial charge in [-0.15, -0.1) is 0 Å². The molecule has 112 valence electrons. The summed E-state index contributed by atoms with van der Waals surface area (Å²) in [5.74, 6) is 0. The minimum absolute atomic E-state index is 0.0901. The molecular formula is C17H29N3. The Labute approximate surface area is 123 Å². The number of aryl methyl sites for hydroxylation is 1. The molecule has 2 N–H and O–H groups in total. The van der Waals surface area contributed by atoms with E-state index in [-0.39, 0.29) is 5.54 Å². The molecule has 0 amide bonds. The smallest absolute Gasteiger partial charge is 0.0662 e. The van der Waals surface area contributed by atoms with Crippen LogP contribution in [0.1, 0.15) is 32.8 Å². The maximum absolute atomic E-state index is 6.21. The number of nitrogens with zero attached hydrogens (tertiary/aromatic N) is 2. The van der Waals surface area contributed by atoms with Crippen LogP contribution in [0.15, 0.2) is 24.3 Å². The Morgan fingerprint density at radius 3 is 2.65 bits per heavy atom. The largest absolute Gasteiger partial charge is 0.364 e. The van der Waals surface area contributed by atoms with E-state index in [2.05, 4.69) is 61.8 Å². The summed E-state index contributed by atoms with van der Waals surface area (Å²) in [4.78, 5) is 5.06. The first-order chi connectivity index (χ1) is 9.52. The van der Waals surface area contributed by atoms with Crippen LogP contribution in [0.5, 0.6) is 0 Å².